The van der Waals surface area contributed by atoms with Gasteiger partial charge in [-0.1, -0.05) is 6.92 Å². The van der Waals surface area contributed by atoms with Crippen molar-refractivity contribution in [2.24, 2.45) is 5.92 Å². The number of fused-ring (bicyclic) bond motifs is 1. The van der Waals surface area contributed by atoms with Crippen molar-refractivity contribution in [2.45, 2.75) is 57.2 Å². The molecule has 0 spiro atoms. The Balaban J connectivity index is 1.55. The van der Waals surface area contributed by atoms with Crippen LogP contribution in [0.5, 0.6) is 0 Å². The minimum atomic E-state index is -0.109. The molecule has 27 heavy (non-hydrogen) atoms. The Morgan fingerprint density at radius 1 is 1.15 bits per heavy atom. The van der Waals surface area contributed by atoms with E-state index in [4.69, 9.17) is 0 Å². The number of hydrogen-bond acceptors (Lipinski definition) is 5. The van der Waals surface area contributed by atoms with Gasteiger partial charge in [0.05, 0.1) is 17.2 Å². The summed E-state index contributed by atoms with van der Waals surface area (Å²) in [5, 5.41) is 24.1. The first kappa shape index (κ1) is 18.2. The van der Waals surface area contributed by atoms with Crippen LogP contribution < -0.4 is 10.2 Å². The Labute approximate surface area is 161 Å². The number of nitriles is 1. The molecule has 5 heteroatoms. The summed E-state index contributed by atoms with van der Waals surface area (Å²) in [6, 6.07) is 11.2. The molecule has 2 N–H and O–H groups in total. The predicted octanol–water partition coefficient (Wildman–Crippen LogP) is 3.21. The fraction of sp³-hybridized carbons (Fsp3) is 0.545. The van der Waals surface area contributed by atoms with Crippen molar-refractivity contribution in [3.8, 4) is 6.07 Å². The number of anilines is 1. The molecule has 1 saturated heterocycles. The first-order valence-corrected chi connectivity index (χ1v) is 10.1. The molecule has 2 heterocycles. The molecule has 1 aromatic heterocycles. The standard InChI is InChI=1S/C22H28N4O/c1-15-11-18(25-17-5-7-19(27)8-6-17)14-26(13-15)21-9-4-16(12-23)22-20(21)3-2-10-24-22/h2-4,9-10,15,17-19,25,27H,5-8,11,13-14H2,1H3/t15-,17?,18+,19?/m0/s1. The summed E-state index contributed by atoms with van der Waals surface area (Å²) >= 11 is 0. The van der Waals surface area contributed by atoms with E-state index in [0.29, 0.717) is 23.6 Å². The van der Waals surface area contributed by atoms with E-state index in [9.17, 15) is 10.4 Å². The summed E-state index contributed by atoms with van der Waals surface area (Å²) in [6.45, 7) is 4.31. The van der Waals surface area contributed by atoms with Gasteiger partial charge in [-0.3, -0.25) is 4.98 Å². The first-order chi connectivity index (χ1) is 13.1. The van der Waals surface area contributed by atoms with Crippen LogP contribution in [0.1, 0.15) is 44.6 Å². The molecular formula is C22H28N4O. The molecule has 2 atom stereocenters. The zero-order valence-electron chi connectivity index (χ0n) is 15.9. The minimum absolute atomic E-state index is 0.109. The third-order valence-corrected chi connectivity index (χ3v) is 6.04. The fourth-order valence-corrected chi connectivity index (χ4v) is 4.77. The molecule has 1 aliphatic carbocycles. The van der Waals surface area contributed by atoms with Crippen LogP contribution in [0.2, 0.25) is 0 Å². The third-order valence-electron chi connectivity index (χ3n) is 6.04. The highest BCUT2D eigenvalue weighted by Crippen LogP contribution is 2.31. The van der Waals surface area contributed by atoms with Crippen molar-refractivity contribution in [3.05, 3.63) is 36.0 Å². The van der Waals surface area contributed by atoms with E-state index in [1.165, 1.54) is 12.1 Å². The van der Waals surface area contributed by atoms with Gasteiger partial charge < -0.3 is 15.3 Å². The maximum absolute atomic E-state index is 9.74. The Hall–Kier alpha value is -2.16. The van der Waals surface area contributed by atoms with Crippen molar-refractivity contribution >= 4 is 16.6 Å². The first-order valence-electron chi connectivity index (χ1n) is 10.1. The number of aliphatic hydroxyl groups excluding tert-OH is 1. The summed E-state index contributed by atoms with van der Waals surface area (Å²) < 4.78 is 0. The van der Waals surface area contributed by atoms with Crippen LogP contribution >= 0.6 is 0 Å². The normalized spacial score (nSPS) is 28.9. The fourth-order valence-electron chi connectivity index (χ4n) is 4.77. The van der Waals surface area contributed by atoms with Gasteiger partial charge in [-0.2, -0.15) is 5.26 Å². The average Bonchev–Trinajstić information content (AvgIpc) is 2.68. The molecular weight excluding hydrogens is 336 g/mol. The Bertz CT molecular complexity index is 838. The summed E-state index contributed by atoms with van der Waals surface area (Å²) in [7, 11) is 0. The van der Waals surface area contributed by atoms with E-state index in [1.807, 2.05) is 12.1 Å². The quantitative estimate of drug-likeness (QED) is 0.875. The minimum Gasteiger partial charge on any atom is -0.393 e. The second-order valence-electron chi connectivity index (χ2n) is 8.26. The van der Waals surface area contributed by atoms with Crippen LogP contribution in [-0.2, 0) is 0 Å². The number of nitrogens with one attached hydrogen (secondary N) is 1. The van der Waals surface area contributed by atoms with Gasteiger partial charge >= 0.3 is 0 Å². The largest absolute Gasteiger partial charge is 0.393 e. The third kappa shape index (κ3) is 3.92. The van der Waals surface area contributed by atoms with Gasteiger partial charge in [0, 0.05) is 42.4 Å². The topological polar surface area (TPSA) is 72.2 Å². The van der Waals surface area contributed by atoms with Crippen molar-refractivity contribution in [1.82, 2.24) is 10.3 Å². The van der Waals surface area contributed by atoms with E-state index in [0.717, 1.165) is 49.7 Å². The molecule has 2 aliphatic rings. The molecule has 0 amide bonds. The van der Waals surface area contributed by atoms with Gasteiger partial charge in [0.25, 0.3) is 0 Å². The van der Waals surface area contributed by atoms with Gasteiger partial charge in [-0.25, -0.2) is 0 Å². The van der Waals surface area contributed by atoms with Crippen LogP contribution in [-0.4, -0.2) is 41.4 Å². The summed E-state index contributed by atoms with van der Waals surface area (Å²) in [5.41, 5.74) is 2.60. The second kappa shape index (κ2) is 7.84. The molecule has 1 aromatic carbocycles. The number of pyridine rings is 1. The molecule has 0 radical (unpaired) electrons. The van der Waals surface area contributed by atoms with Gasteiger partial charge in [0.2, 0.25) is 0 Å². The van der Waals surface area contributed by atoms with Gasteiger partial charge in [-0.15, -0.1) is 0 Å². The number of hydrogen-bond donors (Lipinski definition) is 2. The highest BCUT2D eigenvalue weighted by Gasteiger charge is 2.29. The molecule has 2 fully saturated rings. The number of aliphatic hydroxyl groups is 1. The SMILES string of the molecule is C[C@H]1C[C@@H](NC2CCC(O)CC2)CN(c2ccc(C#N)c3ncccc23)C1. The van der Waals surface area contributed by atoms with E-state index in [-0.39, 0.29) is 6.10 Å². The average molecular weight is 364 g/mol. The van der Waals surface area contributed by atoms with E-state index < -0.39 is 0 Å². The molecule has 2 aromatic rings. The van der Waals surface area contributed by atoms with E-state index >= 15 is 0 Å². The number of benzene rings is 1. The number of rotatable bonds is 3. The Morgan fingerprint density at radius 3 is 2.74 bits per heavy atom. The van der Waals surface area contributed by atoms with Crippen LogP contribution in [0, 0.1) is 17.2 Å². The van der Waals surface area contributed by atoms with Crippen molar-refractivity contribution in [1.29, 1.82) is 5.26 Å². The van der Waals surface area contributed by atoms with Crippen LogP contribution in [0.25, 0.3) is 10.9 Å². The lowest BCUT2D eigenvalue weighted by molar-refractivity contribution is 0.112. The highest BCUT2D eigenvalue weighted by atomic mass is 16.3. The van der Waals surface area contributed by atoms with Gasteiger partial charge in [0.15, 0.2) is 0 Å². The summed E-state index contributed by atoms with van der Waals surface area (Å²) in [4.78, 5) is 6.91. The molecule has 0 unspecified atom stereocenters. The predicted molar refractivity (Wildman–Crippen MR) is 108 cm³/mol. The molecule has 5 nitrogen and oxygen atoms in total. The van der Waals surface area contributed by atoms with Crippen molar-refractivity contribution in [2.75, 3.05) is 18.0 Å². The smallest absolute Gasteiger partial charge is 0.101 e. The zero-order chi connectivity index (χ0) is 18.8. The van der Waals surface area contributed by atoms with Crippen LogP contribution in [0.15, 0.2) is 30.5 Å². The number of nitrogens with zero attached hydrogens (tertiary/aromatic N) is 3. The van der Waals surface area contributed by atoms with E-state index in [1.54, 1.807) is 6.20 Å². The Morgan fingerprint density at radius 2 is 1.96 bits per heavy atom. The summed E-state index contributed by atoms with van der Waals surface area (Å²) in [6.07, 6.45) is 6.79. The molecule has 1 aliphatic heterocycles. The number of aromatic nitrogens is 1. The molecule has 1 saturated carbocycles. The molecule has 0 bridgehead atoms. The monoisotopic (exact) mass is 364 g/mol. The van der Waals surface area contributed by atoms with Gasteiger partial charge in [-0.05, 0) is 62.3 Å². The second-order valence-corrected chi connectivity index (χ2v) is 8.26. The van der Waals surface area contributed by atoms with Gasteiger partial charge in [0.1, 0.15) is 6.07 Å². The Kier molecular flexibility index (Phi) is 5.29. The van der Waals surface area contributed by atoms with Crippen molar-refractivity contribution in [3.63, 3.8) is 0 Å². The van der Waals surface area contributed by atoms with Crippen LogP contribution in [0.4, 0.5) is 5.69 Å². The maximum atomic E-state index is 9.74. The summed E-state index contributed by atoms with van der Waals surface area (Å²) in [5.74, 6) is 0.604. The molecule has 4 rings (SSSR count). The zero-order valence-corrected chi connectivity index (χ0v) is 15.9. The lowest BCUT2D eigenvalue weighted by atomic mass is 9.90. The lowest BCUT2D eigenvalue weighted by Crippen LogP contribution is -2.52. The lowest BCUT2D eigenvalue weighted by Gasteiger charge is -2.41. The van der Waals surface area contributed by atoms with Crippen molar-refractivity contribution < 1.29 is 5.11 Å². The maximum Gasteiger partial charge on any atom is 0.101 e. The number of piperidine rings is 1. The van der Waals surface area contributed by atoms with Crippen LogP contribution in [0.3, 0.4) is 0 Å². The highest BCUT2D eigenvalue weighted by molar-refractivity contribution is 5.95. The van der Waals surface area contributed by atoms with E-state index in [2.05, 4.69) is 40.3 Å². The molecule has 142 valence electrons.